The van der Waals surface area contributed by atoms with Crippen LogP contribution < -0.4 is 0 Å². The number of aryl methyl sites for hydroxylation is 1. The predicted octanol–water partition coefficient (Wildman–Crippen LogP) is 0.800. The molecule has 2 heterocycles. The van der Waals surface area contributed by atoms with Crippen LogP contribution in [0.3, 0.4) is 0 Å². The maximum Gasteiger partial charge on any atom is 0.341 e. The molecule has 7 nitrogen and oxygen atoms in total. The Balaban J connectivity index is 2.06. The van der Waals surface area contributed by atoms with Crippen molar-refractivity contribution in [3.05, 3.63) is 29.7 Å². The Morgan fingerprint density at radius 3 is 3.06 bits per heavy atom. The van der Waals surface area contributed by atoms with Crippen molar-refractivity contribution in [2.45, 2.75) is 20.4 Å². The van der Waals surface area contributed by atoms with Crippen molar-refractivity contribution < 1.29 is 14.1 Å². The van der Waals surface area contributed by atoms with E-state index in [0.29, 0.717) is 30.4 Å². The molecule has 0 aromatic carbocycles. The second-order valence-electron chi connectivity index (χ2n) is 3.38. The van der Waals surface area contributed by atoms with Gasteiger partial charge in [0.05, 0.1) is 18.4 Å². The first kappa shape index (κ1) is 11.3. The highest BCUT2D eigenvalue weighted by atomic mass is 16.5. The number of hydrogen-bond donors (Lipinski definition) is 0. The van der Waals surface area contributed by atoms with Gasteiger partial charge in [-0.25, -0.2) is 4.79 Å². The second kappa shape index (κ2) is 4.77. The van der Waals surface area contributed by atoms with Gasteiger partial charge in [0.15, 0.2) is 5.82 Å². The highest BCUT2D eigenvalue weighted by Crippen LogP contribution is 2.03. The molecule has 0 amide bonds. The van der Waals surface area contributed by atoms with Gasteiger partial charge in [-0.15, -0.1) is 0 Å². The number of nitrogens with zero attached hydrogens (tertiary/aromatic N) is 4. The molecule has 2 aromatic rings. The number of carbonyl (C=O) groups is 1. The van der Waals surface area contributed by atoms with E-state index in [0.717, 1.165) is 0 Å². The van der Waals surface area contributed by atoms with E-state index in [9.17, 15) is 4.79 Å². The second-order valence-corrected chi connectivity index (χ2v) is 3.38. The van der Waals surface area contributed by atoms with Crippen molar-refractivity contribution in [3.8, 4) is 0 Å². The van der Waals surface area contributed by atoms with Gasteiger partial charge in [0.2, 0.25) is 5.89 Å². The molecule has 0 saturated heterocycles. The third-order valence-electron chi connectivity index (χ3n) is 2.02. The number of carbonyl (C=O) groups excluding carboxylic acids is 1. The first-order valence-corrected chi connectivity index (χ1v) is 5.18. The van der Waals surface area contributed by atoms with Crippen molar-refractivity contribution in [1.82, 2.24) is 19.9 Å². The van der Waals surface area contributed by atoms with E-state index in [1.165, 1.54) is 6.20 Å². The average Bonchev–Trinajstić information content (AvgIpc) is 2.89. The van der Waals surface area contributed by atoms with Gasteiger partial charge in [0, 0.05) is 13.1 Å². The van der Waals surface area contributed by atoms with E-state index >= 15 is 0 Å². The Labute approximate surface area is 97.4 Å². The molecular weight excluding hydrogens is 224 g/mol. The van der Waals surface area contributed by atoms with Crippen LogP contribution in [0.15, 0.2) is 16.9 Å². The zero-order valence-electron chi connectivity index (χ0n) is 9.58. The molecule has 0 spiro atoms. The molecule has 0 radical (unpaired) electrons. The summed E-state index contributed by atoms with van der Waals surface area (Å²) in [5.74, 6) is 0.627. The van der Waals surface area contributed by atoms with Gasteiger partial charge in [-0.3, -0.25) is 4.68 Å². The molecule has 0 aliphatic rings. The standard InChI is InChI=1S/C10H12N4O3/c1-3-16-10(15)8-4-11-14(5-8)6-9-12-7(2)17-13-9/h4-5H,3,6H2,1-2H3. The fraction of sp³-hybridized carbons (Fsp3) is 0.400. The Morgan fingerprint density at radius 2 is 2.41 bits per heavy atom. The van der Waals surface area contributed by atoms with Crippen molar-refractivity contribution in [2.75, 3.05) is 6.61 Å². The third-order valence-corrected chi connectivity index (χ3v) is 2.02. The minimum absolute atomic E-state index is 0.341. The lowest BCUT2D eigenvalue weighted by atomic mass is 10.4. The molecule has 0 N–H and O–H groups in total. The van der Waals surface area contributed by atoms with Gasteiger partial charge in [-0.1, -0.05) is 5.16 Å². The predicted molar refractivity (Wildman–Crippen MR) is 56.3 cm³/mol. The van der Waals surface area contributed by atoms with Crippen LogP contribution in [0.5, 0.6) is 0 Å². The summed E-state index contributed by atoms with van der Waals surface area (Å²) in [4.78, 5) is 15.4. The smallest absolute Gasteiger partial charge is 0.341 e. The van der Waals surface area contributed by atoms with Crippen molar-refractivity contribution >= 4 is 5.97 Å². The summed E-state index contributed by atoms with van der Waals surface area (Å²) in [6.07, 6.45) is 3.04. The molecule has 90 valence electrons. The van der Waals surface area contributed by atoms with Gasteiger partial charge in [-0.2, -0.15) is 10.1 Å². The van der Waals surface area contributed by atoms with Crippen LogP contribution in [0, 0.1) is 6.92 Å². The molecule has 0 unspecified atom stereocenters. The summed E-state index contributed by atoms with van der Waals surface area (Å²) in [5, 5.41) is 7.76. The summed E-state index contributed by atoms with van der Waals surface area (Å²) in [7, 11) is 0. The van der Waals surface area contributed by atoms with Crippen LogP contribution in [-0.4, -0.2) is 32.5 Å². The van der Waals surface area contributed by atoms with Crippen LogP contribution in [0.1, 0.15) is 29.0 Å². The maximum absolute atomic E-state index is 11.4. The topological polar surface area (TPSA) is 83.0 Å². The third kappa shape index (κ3) is 2.68. The van der Waals surface area contributed by atoms with Crippen LogP contribution >= 0.6 is 0 Å². The van der Waals surface area contributed by atoms with Crippen LogP contribution in [-0.2, 0) is 11.3 Å². The normalized spacial score (nSPS) is 10.5. The van der Waals surface area contributed by atoms with Crippen LogP contribution in [0.25, 0.3) is 0 Å². The summed E-state index contributed by atoms with van der Waals surface area (Å²) in [6, 6.07) is 0. The molecular formula is C10H12N4O3. The molecule has 0 bridgehead atoms. The van der Waals surface area contributed by atoms with Gasteiger partial charge >= 0.3 is 5.97 Å². The molecule has 2 rings (SSSR count). The molecule has 0 saturated carbocycles. The summed E-state index contributed by atoms with van der Waals surface area (Å²) < 4.78 is 11.2. The molecule has 0 fully saturated rings. The van der Waals surface area contributed by atoms with Gasteiger partial charge < -0.3 is 9.26 Å². The number of esters is 1. The summed E-state index contributed by atoms with van der Waals surface area (Å²) in [6.45, 7) is 4.17. The maximum atomic E-state index is 11.4. The number of rotatable bonds is 4. The molecule has 2 aromatic heterocycles. The van der Waals surface area contributed by atoms with Crippen LogP contribution in [0.4, 0.5) is 0 Å². The lowest BCUT2D eigenvalue weighted by molar-refractivity contribution is 0.0526. The summed E-state index contributed by atoms with van der Waals surface area (Å²) in [5.41, 5.74) is 0.409. The van der Waals surface area contributed by atoms with Crippen molar-refractivity contribution in [3.63, 3.8) is 0 Å². The molecule has 0 atom stereocenters. The lowest BCUT2D eigenvalue weighted by Gasteiger charge is -1.97. The first-order valence-electron chi connectivity index (χ1n) is 5.18. The van der Waals surface area contributed by atoms with Crippen LogP contribution in [0.2, 0.25) is 0 Å². The lowest BCUT2D eigenvalue weighted by Crippen LogP contribution is -2.04. The first-order chi connectivity index (χ1) is 8.19. The largest absolute Gasteiger partial charge is 0.462 e. The minimum atomic E-state index is -0.386. The molecule has 7 heteroatoms. The zero-order chi connectivity index (χ0) is 12.3. The van der Waals surface area contributed by atoms with E-state index in [1.807, 2.05) is 0 Å². The fourth-order valence-electron chi connectivity index (χ4n) is 1.32. The summed E-state index contributed by atoms with van der Waals surface area (Å²) >= 11 is 0. The molecule has 0 aliphatic heterocycles. The monoisotopic (exact) mass is 236 g/mol. The SMILES string of the molecule is CCOC(=O)c1cnn(Cc2noc(C)n2)c1. The number of hydrogen-bond acceptors (Lipinski definition) is 6. The Bertz CT molecular complexity index is 517. The quantitative estimate of drug-likeness (QED) is 0.730. The Morgan fingerprint density at radius 1 is 1.59 bits per heavy atom. The molecule has 0 aliphatic carbocycles. The fourth-order valence-corrected chi connectivity index (χ4v) is 1.32. The highest BCUT2D eigenvalue weighted by Gasteiger charge is 2.10. The van der Waals surface area contributed by atoms with Crippen molar-refractivity contribution in [2.24, 2.45) is 0 Å². The number of aromatic nitrogens is 4. The minimum Gasteiger partial charge on any atom is -0.462 e. The van der Waals surface area contributed by atoms with E-state index in [4.69, 9.17) is 9.26 Å². The van der Waals surface area contributed by atoms with E-state index in [2.05, 4.69) is 15.2 Å². The number of ether oxygens (including phenoxy) is 1. The van der Waals surface area contributed by atoms with Gasteiger partial charge in [0.25, 0.3) is 0 Å². The average molecular weight is 236 g/mol. The van der Waals surface area contributed by atoms with Gasteiger partial charge in [-0.05, 0) is 6.92 Å². The van der Waals surface area contributed by atoms with E-state index < -0.39 is 0 Å². The zero-order valence-corrected chi connectivity index (χ0v) is 9.58. The van der Waals surface area contributed by atoms with Crippen molar-refractivity contribution in [1.29, 1.82) is 0 Å². The highest BCUT2D eigenvalue weighted by molar-refractivity contribution is 5.88. The molecule has 17 heavy (non-hydrogen) atoms. The Kier molecular flexibility index (Phi) is 3.17. The van der Waals surface area contributed by atoms with E-state index in [1.54, 1.807) is 24.7 Å². The van der Waals surface area contributed by atoms with E-state index in [-0.39, 0.29) is 5.97 Å². The Hall–Kier alpha value is -2.18. The van der Waals surface area contributed by atoms with Gasteiger partial charge in [0.1, 0.15) is 6.54 Å².